The molecule has 0 aliphatic heterocycles. The lowest BCUT2D eigenvalue weighted by molar-refractivity contribution is -0.120. The lowest BCUT2D eigenvalue weighted by Gasteiger charge is -2.12. The van der Waals surface area contributed by atoms with Crippen LogP contribution in [0, 0.1) is 5.92 Å². The highest BCUT2D eigenvalue weighted by molar-refractivity contribution is 5.77. The molecule has 3 nitrogen and oxygen atoms in total. The molecule has 82 valence electrons. The highest BCUT2D eigenvalue weighted by atomic mass is 16.1. The zero-order valence-corrected chi connectivity index (χ0v) is 9.47. The second-order valence-electron chi connectivity index (χ2n) is 4.00. The molecule has 1 atom stereocenters. The van der Waals surface area contributed by atoms with Crippen LogP contribution in [0.25, 0.3) is 0 Å². The Balaban J connectivity index is 3.48. The number of hydrogen-bond donors (Lipinski definition) is 2. The summed E-state index contributed by atoms with van der Waals surface area (Å²) in [6.45, 7) is 11.0. The topological polar surface area (TPSA) is 41.1 Å². The van der Waals surface area contributed by atoms with Gasteiger partial charge in [0.2, 0.25) is 5.91 Å². The van der Waals surface area contributed by atoms with Gasteiger partial charge in [-0.05, 0) is 19.3 Å². The molecule has 0 aliphatic rings. The van der Waals surface area contributed by atoms with Gasteiger partial charge in [0.25, 0.3) is 0 Å². The Morgan fingerprint density at radius 2 is 2.07 bits per heavy atom. The van der Waals surface area contributed by atoms with Crippen molar-refractivity contribution in [1.29, 1.82) is 0 Å². The van der Waals surface area contributed by atoms with Crippen molar-refractivity contribution in [3.05, 3.63) is 12.7 Å². The van der Waals surface area contributed by atoms with E-state index >= 15 is 0 Å². The molecule has 0 saturated heterocycles. The monoisotopic (exact) mass is 198 g/mol. The third-order valence-corrected chi connectivity index (χ3v) is 1.84. The van der Waals surface area contributed by atoms with Crippen LogP contribution < -0.4 is 10.6 Å². The van der Waals surface area contributed by atoms with E-state index in [4.69, 9.17) is 0 Å². The second-order valence-corrected chi connectivity index (χ2v) is 4.00. The van der Waals surface area contributed by atoms with Crippen molar-refractivity contribution in [1.82, 2.24) is 10.6 Å². The summed E-state index contributed by atoms with van der Waals surface area (Å²) in [6, 6.07) is 0.317. The zero-order chi connectivity index (χ0) is 11.0. The van der Waals surface area contributed by atoms with Gasteiger partial charge < -0.3 is 10.6 Å². The molecule has 0 aromatic carbocycles. The summed E-state index contributed by atoms with van der Waals surface area (Å²) in [5, 5.41) is 5.98. The maximum atomic E-state index is 11.3. The lowest BCUT2D eigenvalue weighted by Crippen LogP contribution is -2.39. The molecule has 1 amide bonds. The number of nitrogens with one attached hydrogen (secondary N) is 2. The quantitative estimate of drug-likeness (QED) is 0.606. The third-order valence-electron chi connectivity index (χ3n) is 1.84. The SMILES string of the molecule is C=CCC(C)NCC(=O)NCC(C)C. The van der Waals surface area contributed by atoms with E-state index in [-0.39, 0.29) is 5.91 Å². The first-order valence-electron chi connectivity index (χ1n) is 5.17. The summed E-state index contributed by atoms with van der Waals surface area (Å²) in [7, 11) is 0. The third kappa shape index (κ3) is 7.80. The summed E-state index contributed by atoms with van der Waals surface area (Å²) < 4.78 is 0. The van der Waals surface area contributed by atoms with Crippen LogP contribution in [-0.2, 0) is 4.79 Å². The maximum Gasteiger partial charge on any atom is 0.233 e. The van der Waals surface area contributed by atoms with Crippen LogP contribution in [0.3, 0.4) is 0 Å². The number of amides is 1. The van der Waals surface area contributed by atoms with Crippen LogP contribution in [0.5, 0.6) is 0 Å². The summed E-state index contributed by atoms with van der Waals surface area (Å²) in [5.74, 6) is 0.569. The largest absolute Gasteiger partial charge is 0.355 e. The second kappa shape index (κ2) is 7.56. The Labute approximate surface area is 87.0 Å². The van der Waals surface area contributed by atoms with Gasteiger partial charge in [-0.15, -0.1) is 6.58 Å². The fraction of sp³-hybridized carbons (Fsp3) is 0.727. The molecule has 0 bridgehead atoms. The van der Waals surface area contributed by atoms with Crippen LogP contribution >= 0.6 is 0 Å². The molecule has 0 fully saturated rings. The predicted molar refractivity (Wildman–Crippen MR) is 60.1 cm³/mol. The Morgan fingerprint density at radius 1 is 1.43 bits per heavy atom. The van der Waals surface area contributed by atoms with Crippen molar-refractivity contribution < 1.29 is 4.79 Å². The van der Waals surface area contributed by atoms with E-state index in [2.05, 4.69) is 31.1 Å². The zero-order valence-electron chi connectivity index (χ0n) is 9.47. The van der Waals surface area contributed by atoms with Crippen LogP contribution in [0.1, 0.15) is 27.2 Å². The number of carbonyl (C=O) groups is 1. The molecule has 0 rings (SSSR count). The van der Waals surface area contributed by atoms with Gasteiger partial charge in [0.1, 0.15) is 0 Å². The van der Waals surface area contributed by atoms with E-state index in [0.29, 0.717) is 18.5 Å². The highest BCUT2D eigenvalue weighted by Gasteiger charge is 2.04. The summed E-state index contributed by atoms with van der Waals surface area (Å²) in [4.78, 5) is 11.3. The molecule has 0 aromatic rings. The smallest absolute Gasteiger partial charge is 0.233 e. The molecular weight excluding hydrogens is 176 g/mol. The van der Waals surface area contributed by atoms with Crippen LogP contribution in [0.2, 0.25) is 0 Å². The molecule has 14 heavy (non-hydrogen) atoms. The summed E-state index contributed by atoms with van der Waals surface area (Å²) >= 11 is 0. The van der Waals surface area contributed by atoms with Crippen molar-refractivity contribution >= 4 is 5.91 Å². The highest BCUT2D eigenvalue weighted by Crippen LogP contribution is 1.90. The minimum absolute atomic E-state index is 0.0645. The standard InChI is InChI=1S/C11H22N2O/c1-5-6-10(4)12-8-11(14)13-7-9(2)3/h5,9-10,12H,1,6-8H2,2-4H3,(H,13,14). The molecule has 3 heteroatoms. The van der Waals surface area contributed by atoms with E-state index in [0.717, 1.165) is 13.0 Å². The van der Waals surface area contributed by atoms with Gasteiger partial charge in [-0.25, -0.2) is 0 Å². The maximum absolute atomic E-state index is 11.3. The van der Waals surface area contributed by atoms with Crippen LogP contribution in [0.4, 0.5) is 0 Å². The average molecular weight is 198 g/mol. The van der Waals surface area contributed by atoms with Crippen LogP contribution in [-0.4, -0.2) is 25.0 Å². The molecule has 0 aromatic heterocycles. The minimum Gasteiger partial charge on any atom is -0.355 e. The molecule has 0 saturated carbocycles. The fourth-order valence-electron chi connectivity index (χ4n) is 0.981. The Morgan fingerprint density at radius 3 is 2.57 bits per heavy atom. The van der Waals surface area contributed by atoms with E-state index < -0.39 is 0 Å². The molecule has 0 aliphatic carbocycles. The lowest BCUT2D eigenvalue weighted by atomic mass is 10.2. The number of hydrogen-bond acceptors (Lipinski definition) is 2. The first-order chi connectivity index (χ1) is 6.56. The normalized spacial score (nSPS) is 12.6. The van der Waals surface area contributed by atoms with E-state index in [1.54, 1.807) is 0 Å². The Bertz CT molecular complexity index is 178. The number of rotatable bonds is 7. The Kier molecular flexibility index (Phi) is 7.11. The molecule has 0 spiro atoms. The van der Waals surface area contributed by atoms with Gasteiger partial charge in [-0.1, -0.05) is 19.9 Å². The van der Waals surface area contributed by atoms with Crippen LogP contribution in [0.15, 0.2) is 12.7 Å². The average Bonchev–Trinajstić information content (AvgIpc) is 2.12. The summed E-state index contributed by atoms with van der Waals surface area (Å²) in [6.07, 6.45) is 2.74. The molecule has 2 N–H and O–H groups in total. The molecule has 0 radical (unpaired) electrons. The van der Waals surface area contributed by atoms with E-state index in [9.17, 15) is 4.79 Å². The van der Waals surface area contributed by atoms with E-state index in [1.165, 1.54) is 0 Å². The predicted octanol–water partition coefficient (Wildman–Crippen LogP) is 1.31. The van der Waals surface area contributed by atoms with Crippen molar-refractivity contribution in [3.8, 4) is 0 Å². The van der Waals surface area contributed by atoms with Gasteiger partial charge in [0, 0.05) is 12.6 Å². The fourth-order valence-corrected chi connectivity index (χ4v) is 0.981. The van der Waals surface area contributed by atoms with Crippen molar-refractivity contribution in [2.45, 2.75) is 33.2 Å². The van der Waals surface area contributed by atoms with Gasteiger partial charge in [0.05, 0.1) is 6.54 Å². The van der Waals surface area contributed by atoms with Gasteiger partial charge in [-0.3, -0.25) is 4.79 Å². The first-order valence-corrected chi connectivity index (χ1v) is 5.17. The first kappa shape index (κ1) is 13.2. The van der Waals surface area contributed by atoms with Crippen molar-refractivity contribution in [3.63, 3.8) is 0 Å². The van der Waals surface area contributed by atoms with E-state index in [1.807, 2.05) is 13.0 Å². The van der Waals surface area contributed by atoms with Gasteiger partial charge >= 0.3 is 0 Å². The number of carbonyl (C=O) groups excluding carboxylic acids is 1. The molecular formula is C11H22N2O. The summed E-state index contributed by atoms with van der Waals surface area (Å²) in [5.41, 5.74) is 0. The van der Waals surface area contributed by atoms with Crippen molar-refractivity contribution in [2.75, 3.05) is 13.1 Å². The Hall–Kier alpha value is -0.830. The molecule has 0 heterocycles. The van der Waals surface area contributed by atoms with Gasteiger partial charge in [-0.2, -0.15) is 0 Å². The molecule has 1 unspecified atom stereocenters. The minimum atomic E-state index is 0.0645. The van der Waals surface area contributed by atoms with Gasteiger partial charge in [0.15, 0.2) is 0 Å². The van der Waals surface area contributed by atoms with Crippen molar-refractivity contribution in [2.24, 2.45) is 5.92 Å².